The topological polar surface area (TPSA) is 120 Å². The number of anilines is 1. The monoisotopic (exact) mass is 487 g/mol. The van der Waals surface area contributed by atoms with Gasteiger partial charge in [-0.3, -0.25) is 23.3 Å². The lowest BCUT2D eigenvalue weighted by atomic mass is 10.1. The van der Waals surface area contributed by atoms with Crippen molar-refractivity contribution in [3.05, 3.63) is 87.7 Å². The summed E-state index contributed by atoms with van der Waals surface area (Å²) >= 11 is 1.21. The molecule has 2 N–H and O–H groups in total. The highest BCUT2D eigenvalue weighted by atomic mass is 32.2. The lowest BCUT2D eigenvalue weighted by Crippen LogP contribution is -2.38. The normalized spacial score (nSPS) is 11.1. The lowest BCUT2D eigenvalue weighted by molar-refractivity contribution is -0.113. The van der Waals surface area contributed by atoms with Crippen LogP contribution in [0.15, 0.2) is 81.6 Å². The van der Waals surface area contributed by atoms with E-state index >= 15 is 0 Å². The molecule has 1 amide bonds. The number of nitrogens with one attached hydrogen (secondary N) is 2. The van der Waals surface area contributed by atoms with Crippen LogP contribution < -0.4 is 16.6 Å². The summed E-state index contributed by atoms with van der Waals surface area (Å²) in [4.78, 5) is 40.0. The predicted octanol–water partition coefficient (Wildman–Crippen LogP) is 2.54. The number of para-hydroxylation sites is 2. The number of rotatable bonds is 6. The fourth-order valence-electron chi connectivity index (χ4n) is 3.77. The van der Waals surface area contributed by atoms with E-state index in [4.69, 9.17) is 0 Å². The van der Waals surface area contributed by atoms with Crippen LogP contribution in [0.3, 0.4) is 0 Å². The number of hydrogen-bond donors (Lipinski definition) is 2. The van der Waals surface area contributed by atoms with Gasteiger partial charge in [-0.1, -0.05) is 48.2 Å². The van der Waals surface area contributed by atoms with Crippen molar-refractivity contribution in [3.8, 4) is 17.1 Å². The summed E-state index contributed by atoms with van der Waals surface area (Å²) in [6.07, 6.45) is 1.89. The van der Waals surface area contributed by atoms with Gasteiger partial charge < -0.3 is 10.3 Å². The first-order chi connectivity index (χ1) is 16.9. The van der Waals surface area contributed by atoms with Crippen molar-refractivity contribution >= 4 is 34.4 Å². The minimum Gasteiger partial charge on any atom is -0.360 e. The van der Waals surface area contributed by atoms with Gasteiger partial charge in [0.05, 0.1) is 5.75 Å². The van der Waals surface area contributed by atoms with Crippen LogP contribution in [-0.4, -0.2) is 40.5 Å². The molecule has 0 saturated heterocycles. The van der Waals surface area contributed by atoms with E-state index in [0.717, 1.165) is 26.7 Å². The SMILES string of the molecule is Cn1c(NC(=O)CSc2nnc(-c3c[nH]c4ccccc34)n2-c2ccccc2)cc(=O)n(C)c1=O. The van der Waals surface area contributed by atoms with Crippen LogP contribution in [0.2, 0.25) is 0 Å². The van der Waals surface area contributed by atoms with Gasteiger partial charge in [-0.15, -0.1) is 10.2 Å². The van der Waals surface area contributed by atoms with E-state index in [1.54, 1.807) is 0 Å². The van der Waals surface area contributed by atoms with E-state index in [1.807, 2.05) is 65.4 Å². The fraction of sp³-hybridized carbons (Fsp3) is 0.125. The lowest BCUT2D eigenvalue weighted by Gasteiger charge is -2.11. The second kappa shape index (κ2) is 9.11. The van der Waals surface area contributed by atoms with Gasteiger partial charge in [-0.25, -0.2) is 4.79 Å². The molecule has 10 nitrogen and oxygen atoms in total. The van der Waals surface area contributed by atoms with Crippen molar-refractivity contribution in [3.63, 3.8) is 0 Å². The number of hydrogen-bond acceptors (Lipinski definition) is 6. The maximum atomic E-state index is 12.7. The van der Waals surface area contributed by atoms with Gasteiger partial charge in [-0.05, 0) is 18.2 Å². The van der Waals surface area contributed by atoms with Crippen molar-refractivity contribution < 1.29 is 4.79 Å². The number of H-pyrrole nitrogens is 1. The maximum Gasteiger partial charge on any atom is 0.332 e. The zero-order valence-electron chi connectivity index (χ0n) is 18.9. The van der Waals surface area contributed by atoms with E-state index in [9.17, 15) is 14.4 Å². The Bertz CT molecular complexity index is 1660. The first kappa shape index (κ1) is 22.4. The average Bonchev–Trinajstić information content (AvgIpc) is 3.49. The first-order valence-electron chi connectivity index (χ1n) is 10.7. The molecule has 0 atom stereocenters. The Hall–Kier alpha value is -4.38. The number of aromatic amines is 1. The third-order valence-electron chi connectivity index (χ3n) is 5.60. The molecule has 5 aromatic rings. The summed E-state index contributed by atoms with van der Waals surface area (Å²) < 4.78 is 4.09. The Balaban J connectivity index is 1.46. The Kier molecular flexibility index (Phi) is 5.83. The molecule has 3 heterocycles. The van der Waals surface area contributed by atoms with E-state index in [1.165, 1.54) is 36.5 Å². The van der Waals surface area contributed by atoms with Gasteiger partial charge in [0, 0.05) is 48.5 Å². The summed E-state index contributed by atoms with van der Waals surface area (Å²) in [7, 11) is 2.87. The molecule has 0 radical (unpaired) electrons. The molecule has 35 heavy (non-hydrogen) atoms. The number of benzene rings is 2. The summed E-state index contributed by atoms with van der Waals surface area (Å²) in [5, 5.41) is 13.0. The molecule has 11 heteroatoms. The van der Waals surface area contributed by atoms with Gasteiger partial charge in [0.2, 0.25) is 5.91 Å². The van der Waals surface area contributed by atoms with Crippen molar-refractivity contribution in [2.75, 3.05) is 11.1 Å². The molecule has 5 rings (SSSR count). The zero-order valence-corrected chi connectivity index (χ0v) is 19.7. The number of amides is 1. The highest BCUT2D eigenvalue weighted by molar-refractivity contribution is 7.99. The standard InChI is InChI=1S/C24H21N7O3S/c1-29-19(12-21(33)30(2)24(29)34)26-20(32)14-35-23-28-27-22(31(23)15-8-4-3-5-9-15)17-13-25-18-11-7-6-10-16(17)18/h3-13,25H,14H2,1-2H3,(H,26,32). The quantitative estimate of drug-likeness (QED) is 0.355. The van der Waals surface area contributed by atoms with Crippen LogP contribution >= 0.6 is 11.8 Å². The van der Waals surface area contributed by atoms with Crippen LogP contribution in [-0.2, 0) is 18.9 Å². The van der Waals surface area contributed by atoms with Crippen LogP contribution in [0, 0.1) is 0 Å². The molecule has 0 aliphatic heterocycles. The number of carbonyl (C=O) groups is 1. The number of fused-ring (bicyclic) bond motifs is 1. The van der Waals surface area contributed by atoms with Gasteiger partial charge in [0.25, 0.3) is 5.56 Å². The average molecular weight is 488 g/mol. The van der Waals surface area contributed by atoms with Crippen molar-refractivity contribution in [2.24, 2.45) is 14.1 Å². The highest BCUT2D eigenvalue weighted by Crippen LogP contribution is 2.32. The van der Waals surface area contributed by atoms with E-state index in [2.05, 4.69) is 20.5 Å². The highest BCUT2D eigenvalue weighted by Gasteiger charge is 2.20. The Labute approximate surface area is 203 Å². The second-order valence-corrected chi connectivity index (χ2v) is 8.77. The number of thioether (sulfide) groups is 1. The molecule has 0 bridgehead atoms. The summed E-state index contributed by atoms with van der Waals surface area (Å²) in [6, 6.07) is 18.8. The third-order valence-corrected chi connectivity index (χ3v) is 6.53. The van der Waals surface area contributed by atoms with Crippen molar-refractivity contribution in [1.82, 2.24) is 28.9 Å². The largest absolute Gasteiger partial charge is 0.360 e. The predicted molar refractivity (Wildman–Crippen MR) is 135 cm³/mol. The molecule has 0 aliphatic carbocycles. The van der Waals surface area contributed by atoms with Crippen molar-refractivity contribution in [2.45, 2.75) is 5.16 Å². The summed E-state index contributed by atoms with van der Waals surface area (Å²) in [5.74, 6) is 0.398. The Morgan fingerprint density at radius 1 is 1.00 bits per heavy atom. The van der Waals surface area contributed by atoms with E-state index in [0.29, 0.717) is 11.0 Å². The molecular weight excluding hydrogens is 466 g/mol. The molecule has 2 aromatic carbocycles. The van der Waals surface area contributed by atoms with Crippen LogP contribution in [0.25, 0.3) is 28.0 Å². The van der Waals surface area contributed by atoms with Gasteiger partial charge in [0.1, 0.15) is 5.82 Å². The molecule has 176 valence electrons. The zero-order chi connectivity index (χ0) is 24.5. The molecule has 0 saturated carbocycles. The molecule has 3 aromatic heterocycles. The Morgan fingerprint density at radius 3 is 2.54 bits per heavy atom. The van der Waals surface area contributed by atoms with Crippen LogP contribution in [0.1, 0.15) is 0 Å². The van der Waals surface area contributed by atoms with Gasteiger partial charge in [0.15, 0.2) is 11.0 Å². The molecular formula is C24H21N7O3S. The van der Waals surface area contributed by atoms with E-state index < -0.39 is 11.2 Å². The fourth-order valence-corrected chi connectivity index (χ4v) is 4.52. The number of nitrogens with zero attached hydrogens (tertiary/aromatic N) is 5. The minimum atomic E-state index is -0.521. The first-order valence-corrected chi connectivity index (χ1v) is 11.7. The maximum absolute atomic E-state index is 12.7. The van der Waals surface area contributed by atoms with E-state index in [-0.39, 0.29) is 17.5 Å². The summed E-state index contributed by atoms with van der Waals surface area (Å²) in [5.41, 5.74) is 1.72. The second-order valence-electron chi connectivity index (χ2n) is 7.83. The van der Waals surface area contributed by atoms with Gasteiger partial charge >= 0.3 is 5.69 Å². The van der Waals surface area contributed by atoms with Gasteiger partial charge in [-0.2, -0.15) is 0 Å². The Morgan fingerprint density at radius 2 is 1.74 bits per heavy atom. The van der Waals surface area contributed by atoms with Crippen molar-refractivity contribution in [1.29, 1.82) is 0 Å². The van der Waals surface area contributed by atoms with Crippen LogP contribution in [0.5, 0.6) is 0 Å². The molecule has 0 unspecified atom stereocenters. The third kappa shape index (κ3) is 4.17. The minimum absolute atomic E-state index is 0.00223. The smallest absolute Gasteiger partial charge is 0.332 e. The molecule has 0 spiro atoms. The molecule has 0 fully saturated rings. The number of carbonyl (C=O) groups excluding carboxylic acids is 1. The molecule has 0 aliphatic rings. The van der Waals surface area contributed by atoms with Crippen LogP contribution in [0.4, 0.5) is 5.82 Å². The summed E-state index contributed by atoms with van der Waals surface area (Å²) in [6.45, 7) is 0. The number of aromatic nitrogens is 6.